The lowest BCUT2D eigenvalue weighted by atomic mass is 10.0. The van der Waals surface area contributed by atoms with E-state index in [-0.39, 0.29) is 0 Å². The van der Waals surface area contributed by atoms with Crippen molar-refractivity contribution in [3.8, 4) is 22.5 Å². The molecule has 0 unspecified atom stereocenters. The third-order valence-electron chi connectivity index (χ3n) is 5.45. The SMILES string of the molecule is CCn1cc(-c2c(-c3ccccc3)ncn2C2CCN(C)CC2)c(C)n1. The maximum atomic E-state index is 4.85. The minimum Gasteiger partial charge on any atom is -0.327 e. The topological polar surface area (TPSA) is 38.9 Å². The highest BCUT2D eigenvalue weighted by molar-refractivity contribution is 5.79. The summed E-state index contributed by atoms with van der Waals surface area (Å²) in [7, 11) is 2.20. The first kappa shape index (κ1) is 17.0. The smallest absolute Gasteiger partial charge is 0.0964 e. The number of imidazole rings is 1. The van der Waals surface area contributed by atoms with Crippen LogP contribution in [0.5, 0.6) is 0 Å². The van der Waals surface area contributed by atoms with Gasteiger partial charge in [0.15, 0.2) is 0 Å². The molecule has 1 aliphatic heterocycles. The van der Waals surface area contributed by atoms with Gasteiger partial charge in [-0.15, -0.1) is 0 Å². The molecule has 0 aliphatic carbocycles. The number of aromatic nitrogens is 4. The Morgan fingerprint density at radius 3 is 2.50 bits per heavy atom. The maximum Gasteiger partial charge on any atom is 0.0964 e. The van der Waals surface area contributed by atoms with Crippen molar-refractivity contribution >= 4 is 0 Å². The van der Waals surface area contributed by atoms with Gasteiger partial charge in [-0.2, -0.15) is 5.10 Å². The van der Waals surface area contributed by atoms with Crippen LogP contribution in [0, 0.1) is 6.92 Å². The van der Waals surface area contributed by atoms with Crippen LogP contribution < -0.4 is 0 Å². The molecule has 5 heteroatoms. The molecule has 0 saturated carbocycles. The van der Waals surface area contributed by atoms with Crippen molar-refractivity contribution in [3.63, 3.8) is 0 Å². The van der Waals surface area contributed by atoms with Crippen LogP contribution in [-0.4, -0.2) is 44.4 Å². The lowest BCUT2D eigenvalue weighted by Gasteiger charge is -2.30. The number of rotatable bonds is 4. The highest BCUT2D eigenvalue weighted by Crippen LogP contribution is 2.36. The number of likely N-dealkylation sites (tertiary alicyclic amines) is 1. The average Bonchev–Trinajstić information content (AvgIpc) is 3.26. The van der Waals surface area contributed by atoms with Crippen LogP contribution in [-0.2, 0) is 6.54 Å². The molecule has 3 heterocycles. The molecular weight excluding hydrogens is 322 g/mol. The summed E-state index contributed by atoms with van der Waals surface area (Å²) >= 11 is 0. The molecule has 0 N–H and O–H groups in total. The van der Waals surface area contributed by atoms with Crippen LogP contribution in [0.25, 0.3) is 22.5 Å². The van der Waals surface area contributed by atoms with Crippen molar-refractivity contribution in [1.29, 1.82) is 0 Å². The zero-order valence-electron chi connectivity index (χ0n) is 15.9. The molecule has 3 aromatic rings. The second-order valence-corrected chi connectivity index (χ2v) is 7.23. The molecule has 0 bridgehead atoms. The zero-order valence-corrected chi connectivity index (χ0v) is 15.9. The Kier molecular flexibility index (Phi) is 4.64. The maximum absolute atomic E-state index is 4.85. The molecule has 136 valence electrons. The molecular formula is C21H27N5. The van der Waals surface area contributed by atoms with Gasteiger partial charge in [0.05, 0.1) is 23.4 Å². The van der Waals surface area contributed by atoms with Crippen molar-refractivity contribution in [3.05, 3.63) is 48.5 Å². The van der Waals surface area contributed by atoms with Gasteiger partial charge in [-0.1, -0.05) is 30.3 Å². The first-order valence-electron chi connectivity index (χ1n) is 9.52. The highest BCUT2D eigenvalue weighted by atomic mass is 15.3. The summed E-state index contributed by atoms with van der Waals surface area (Å²) in [5.74, 6) is 0. The summed E-state index contributed by atoms with van der Waals surface area (Å²) in [6.07, 6.45) is 6.53. The molecule has 1 aliphatic rings. The monoisotopic (exact) mass is 349 g/mol. The quantitative estimate of drug-likeness (QED) is 0.714. The normalized spacial score (nSPS) is 16.3. The molecule has 5 nitrogen and oxygen atoms in total. The van der Waals surface area contributed by atoms with E-state index in [4.69, 9.17) is 4.98 Å². The third kappa shape index (κ3) is 3.07. The van der Waals surface area contributed by atoms with E-state index in [2.05, 4.69) is 72.0 Å². The summed E-state index contributed by atoms with van der Waals surface area (Å²) < 4.78 is 4.42. The molecule has 2 aromatic heterocycles. The molecule has 1 fully saturated rings. The summed E-state index contributed by atoms with van der Waals surface area (Å²) in [6, 6.07) is 11.0. The van der Waals surface area contributed by atoms with E-state index in [1.54, 1.807) is 0 Å². The highest BCUT2D eigenvalue weighted by Gasteiger charge is 2.25. The number of hydrogen-bond acceptors (Lipinski definition) is 3. The minimum atomic E-state index is 0.496. The number of nitrogens with zero attached hydrogens (tertiary/aromatic N) is 5. The van der Waals surface area contributed by atoms with Crippen LogP contribution in [0.1, 0.15) is 31.5 Å². The van der Waals surface area contributed by atoms with E-state index in [0.717, 1.165) is 49.4 Å². The van der Waals surface area contributed by atoms with E-state index < -0.39 is 0 Å². The first-order chi connectivity index (χ1) is 12.7. The van der Waals surface area contributed by atoms with Gasteiger partial charge in [-0.05, 0) is 46.8 Å². The van der Waals surface area contributed by atoms with Crippen LogP contribution in [0.3, 0.4) is 0 Å². The van der Waals surface area contributed by atoms with E-state index in [0.29, 0.717) is 6.04 Å². The number of aryl methyl sites for hydroxylation is 2. The Balaban J connectivity index is 1.85. The van der Waals surface area contributed by atoms with Gasteiger partial charge in [-0.3, -0.25) is 4.68 Å². The molecule has 0 atom stereocenters. The van der Waals surface area contributed by atoms with Crippen LogP contribution in [0.4, 0.5) is 0 Å². The molecule has 0 radical (unpaired) electrons. The molecule has 1 saturated heterocycles. The van der Waals surface area contributed by atoms with Crippen molar-refractivity contribution < 1.29 is 0 Å². The molecule has 0 amide bonds. The van der Waals surface area contributed by atoms with Gasteiger partial charge in [0.2, 0.25) is 0 Å². The van der Waals surface area contributed by atoms with Crippen molar-refractivity contribution in [2.24, 2.45) is 0 Å². The molecule has 26 heavy (non-hydrogen) atoms. The van der Waals surface area contributed by atoms with Gasteiger partial charge in [-0.25, -0.2) is 4.98 Å². The van der Waals surface area contributed by atoms with E-state index in [1.165, 1.54) is 11.3 Å². The van der Waals surface area contributed by atoms with Crippen molar-refractivity contribution in [2.75, 3.05) is 20.1 Å². The largest absolute Gasteiger partial charge is 0.327 e. The average molecular weight is 349 g/mol. The summed E-state index contributed by atoms with van der Waals surface area (Å²) in [4.78, 5) is 7.25. The van der Waals surface area contributed by atoms with Gasteiger partial charge >= 0.3 is 0 Å². The fourth-order valence-electron chi connectivity index (χ4n) is 3.90. The Labute approximate surface area is 155 Å². The predicted octanol–water partition coefficient (Wildman–Crippen LogP) is 4.01. The number of piperidine rings is 1. The van der Waals surface area contributed by atoms with Crippen molar-refractivity contribution in [2.45, 2.75) is 39.3 Å². The molecule has 1 aromatic carbocycles. The predicted molar refractivity (Wildman–Crippen MR) is 105 cm³/mol. The number of benzene rings is 1. The second kappa shape index (κ2) is 7.08. The summed E-state index contributed by atoms with van der Waals surface area (Å²) in [5.41, 5.74) is 5.70. The lowest BCUT2D eigenvalue weighted by Crippen LogP contribution is -2.31. The number of hydrogen-bond donors (Lipinski definition) is 0. The Morgan fingerprint density at radius 2 is 1.85 bits per heavy atom. The van der Waals surface area contributed by atoms with Gasteiger partial charge in [0, 0.05) is 29.9 Å². The third-order valence-corrected chi connectivity index (χ3v) is 5.45. The van der Waals surface area contributed by atoms with Gasteiger partial charge in [0.1, 0.15) is 0 Å². The van der Waals surface area contributed by atoms with Crippen LogP contribution in [0.2, 0.25) is 0 Å². The van der Waals surface area contributed by atoms with Gasteiger partial charge in [0.25, 0.3) is 0 Å². The Bertz CT molecular complexity index is 869. The zero-order chi connectivity index (χ0) is 18.1. The van der Waals surface area contributed by atoms with Gasteiger partial charge < -0.3 is 9.47 Å². The Hall–Kier alpha value is -2.40. The van der Waals surface area contributed by atoms with E-state index >= 15 is 0 Å². The van der Waals surface area contributed by atoms with Crippen LogP contribution >= 0.6 is 0 Å². The second-order valence-electron chi connectivity index (χ2n) is 7.23. The molecule has 0 spiro atoms. The standard InChI is InChI=1S/C21H27N5/c1-4-25-14-19(16(2)23-25)21-20(17-8-6-5-7-9-17)22-15-26(21)18-10-12-24(3)13-11-18/h5-9,14-15,18H,4,10-13H2,1-3H3. The summed E-state index contributed by atoms with van der Waals surface area (Å²) in [6.45, 7) is 7.38. The Morgan fingerprint density at radius 1 is 1.12 bits per heavy atom. The van der Waals surface area contributed by atoms with E-state index in [9.17, 15) is 0 Å². The van der Waals surface area contributed by atoms with E-state index in [1.807, 2.05) is 11.0 Å². The first-order valence-corrected chi connectivity index (χ1v) is 9.52. The fraction of sp³-hybridized carbons (Fsp3) is 0.429. The lowest BCUT2D eigenvalue weighted by molar-refractivity contribution is 0.222. The minimum absolute atomic E-state index is 0.496. The summed E-state index contributed by atoms with van der Waals surface area (Å²) in [5, 5.41) is 4.69. The fourth-order valence-corrected chi connectivity index (χ4v) is 3.90. The van der Waals surface area contributed by atoms with Crippen LogP contribution in [0.15, 0.2) is 42.9 Å². The molecule has 4 rings (SSSR count). The van der Waals surface area contributed by atoms with Crippen molar-refractivity contribution in [1.82, 2.24) is 24.2 Å².